The standard InChI is InChI=1S/C21H24F3N3O3S2/c1-25-32(29,30)17-8-7-14(11-15(17)21(22,23)24)20(18(28)27-19-26-9-10-31-19)12-16(20)13-5-3-2-4-6-13/h7-11,13,16,25H,2-6,12H2,1H3,(H,26,27,28)/t16-,20-/m0/s1. The van der Waals surface area contributed by atoms with Crippen LogP contribution in [0.25, 0.3) is 0 Å². The molecule has 2 N–H and O–H groups in total. The van der Waals surface area contributed by atoms with Gasteiger partial charge in [-0.15, -0.1) is 11.3 Å². The first-order valence-corrected chi connectivity index (χ1v) is 12.8. The predicted molar refractivity (Wildman–Crippen MR) is 115 cm³/mol. The van der Waals surface area contributed by atoms with Crippen molar-refractivity contribution < 1.29 is 26.4 Å². The van der Waals surface area contributed by atoms with Gasteiger partial charge in [0.15, 0.2) is 5.13 Å². The van der Waals surface area contributed by atoms with E-state index in [1.807, 2.05) is 4.72 Å². The van der Waals surface area contributed by atoms with Gasteiger partial charge in [-0.1, -0.05) is 38.2 Å². The third-order valence-corrected chi connectivity index (χ3v) is 8.81. The maximum atomic E-state index is 13.9. The maximum Gasteiger partial charge on any atom is 0.417 e. The Balaban J connectivity index is 1.79. The number of carbonyl (C=O) groups excluding carboxylic acids is 1. The Bertz CT molecular complexity index is 1100. The lowest BCUT2D eigenvalue weighted by Gasteiger charge is -2.26. The average Bonchev–Trinajstić information content (AvgIpc) is 3.34. The molecule has 1 amide bonds. The van der Waals surface area contributed by atoms with E-state index in [-0.39, 0.29) is 23.3 Å². The van der Waals surface area contributed by atoms with Crippen molar-refractivity contribution in [1.29, 1.82) is 0 Å². The molecule has 11 heteroatoms. The van der Waals surface area contributed by atoms with Gasteiger partial charge in [0, 0.05) is 11.6 Å². The molecule has 4 rings (SSSR count). The number of thiazole rings is 1. The highest BCUT2D eigenvalue weighted by atomic mass is 32.2. The summed E-state index contributed by atoms with van der Waals surface area (Å²) in [5.74, 6) is -0.225. The minimum absolute atomic E-state index is 0.0874. The summed E-state index contributed by atoms with van der Waals surface area (Å²) in [5, 5.41) is 4.85. The van der Waals surface area contributed by atoms with E-state index in [0.717, 1.165) is 51.3 Å². The van der Waals surface area contributed by atoms with Crippen LogP contribution in [0.15, 0.2) is 34.7 Å². The summed E-state index contributed by atoms with van der Waals surface area (Å²) in [5.41, 5.74) is -2.19. The summed E-state index contributed by atoms with van der Waals surface area (Å²) in [6, 6.07) is 3.15. The van der Waals surface area contributed by atoms with E-state index in [4.69, 9.17) is 0 Å². The van der Waals surface area contributed by atoms with Crippen molar-refractivity contribution in [2.24, 2.45) is 11.8 Å². The fraction of sp³-hybridized carbons (Fsp3) is 0.524. The second-order valence-corrected chi connectivity index (χ2v) is 11.1. The molecule has 32 heavy (non-hydrogen) atoms. The first-order valence-electron chi connectivity index (χ1n) is 10.5. The summed E-state index contributed by atoms with van der Waals surface area (Å²) in [6.45, 7) is 0. The average molecular weight is 488 g/mol. The molecule has 1 heterocycles. The van der Waals surface area contributed by atoms with Gasteiger partial charge < -0.3 is 5.32 Å². The monoisotopic (exact) mass is 487 g/mol. The largest absolute Gasteiger partial charge is 0.417 e. The van der Waals surface area contributed by atoms with E-state index in [1.54, 1.807) is 5.38 Å². The van der Waals surface area contributed by atoms with Crippen LogP contribution in [-0.4, -0.2) is 26.4 Å². The Morgan fingerprint density at radius 2 is 1.94 bits per heavy atom. The lowest BCUT2D eigenvalue weighted by atomic mass is 9.80. The SMILES string of the molecule is CNS(=O)(=O)c1ccc([C@@]2(C(=O)Nc3nccs3)C[C@H]2C2CCCCC2)cc1C(F)(F)F. The summed E-state index contributed by atoms with van der Waals surface area (Å²) >= 11 is 1.23. The lowest BCUT2D eigenvalue weighted by molar-refractivity contribution is -0.140. The van der Waals surface area contributed by atoms with Gasteiger partial charge in [0.1, 0.15) is 0 Å². The van der Waals surface area contributed by atoms with E-state index in [2.05, 4.69) is 10.3 Å². The van der Waals surface area contributed by atoms with E-state index >= 15 is 0 Å². The minimum Gasteiger partial charge on any atom is -0.301 e. The Morgan fingerprint density at radius 1 is 1.22 bits per heavy atom. The number of anilines is 1. The molecule has 6 nitrogen and oxygen atoms in total. The van der Waals surface area contributed by atoms with Crippen molar-refractivity contribution in [1.82, 2.24) is 9.71 Å². The topological polar surface area (TPSA) is 88.2 Å². The highest BCUT2D eigenvalue weighted by Gasteiger charge is 2.63. The van der Waals surface area contributed by atoms with Gasteiger partial charge >= 0.3 is 6.18 Å². The first-order chi connectivity index (χ1) is 15.1. The zero-order chi connectivity index (χ0) is 23.1. The summed E-state index contributed by atoms with van der Waals surface area (Å²) in [4.78, 5) is 16.6. The Morgan fingerprint density at radius 3 is 2.53 bits per heavy atom. The molecule has 0 bridgehead atoms. The van der Waals surface area contributed by atoms with Gasteiger partial charge in [0.2, 0.25) is 15.9 Å². The molecule has 174 valence electrons. The number of aromatic nitrogens is 1. The number of hydrogen-bond acceptors (Lipinski definition) is 5. The van der Waals surface area contributed by atoms with E-state index < -0.39 is 32.1 Å². The van der Waals surface area contributed by atoms with Crippen LogP contribution >= 0.6 is 11.3 Å². The van der Waals surface area contributed by atoms with Gasteiger partial charge in [-0.05, 0) is 43.0 Å². The number of hydrogen-bond donors (Lipinski definition) is 2. The highest BCUT2D eigenvalue weighted by Crippen LogP contribution is 2.61. The van der Waals surface area contributed by atoms with Gasteiger partial charge in [-0.25, -0.2) is 18.1 Å². The Labute approximate surface area is 188 Å². The molecular weight excluding hydrogens is 463 g/mol. The number of amides is 1. The molecule has 2 fully saturated rings. The molecule has 0 saturated heterocycles. The number of halogens is 3. The number of nitrogens with zero attached hydrogens (tertiary/aromatic N) is 1. The third-order valence-electron chi connectivity index (χ3n) is 6.65. The fourth-order valence-corrected chi connectivity index (χ4v) is 6.44. The number of sulfonamides is 1. The normalized spacial score (nSPS) is 24.3. The Kier molecular flexibility index (Phi) is 6.10. The molecule has 2 aliphatic rings. The maximum absolute atomic E-state index is 13.9. The third kappa shape index (κ3) is 4.17. The van der Waals surface area contributed by atoms with Crippen molar-refractivity contribution >= 4 is 32.4 Å². The van der Waals surface area contributed by atoms with Gasteiger partial charge in [0.25, 0.3) is 0 Å². The van der Waals surface area contributed by atoms with Crippen LogP contribution in [0, 0.1) is 11.8 Å². The van der Waals surface area contributed by atoms with Gasteiger partial charge in [-0.2, -0.15) is 13.2 Å². The smallest absolute Gasteiger partial charge is 0.301 e. The van der Waals surface area contributed by atoms with E-state index in [1.165, 1.54) is 23.6 Å². The molecule has 0 unspecified atom stereocenters. The van der Waals surface area contributed by atoms with Crippen LogP contribution in [0.1, 0.15) is 49.7 Å². The molecule has 0 spiro atoms. The first kappa shape index (κ1) is 23.2. The lowest BCUT2D eigenvalue weighted by Crippen LogP contribution is -2.32. The van der Waals surface area contributed by atoms with Crippen LogP contribution in [-0.2, 0) is 26.4 Å². The number of nitrogens with one attached hydrogen (secondary N) is 2. The molecule has 2 aliphatic carbocycles. The van der Waals surface area contributed by atoms with E-state index in [0.29, 0.717) is 11.6 Å². The number of benzene rings is 1. The molecule has 2 atom stereocenters. The van der Waals surface area contributed by atoms with Gasteiger partial charge in [0.05, 0.1) is 15.9 Å². The number of alkyl halides is 3. The second kappa shape index (κ2) is 8.42. The second-order valence-electron chi connectivity index (χ2n) is 8.39. The fourth-order valence-electron chi connectivity index (χ4n) is 4.98. The number of rotatable bonds is 6. The van der Waals surface area contributed by atoms with Crippen LogP contribution in [0.2, 0.25) is 0 Å². The molecule has 2 aromatic rings. The minimum atomic E-state index is -4.89. The molecule has 1 aromatic carbocycles. The zero-order valence-electron chi connectivity index (χ0n) is 17.4. The van der Waals surface area contributed by atoms with Crippen molar-refractivity contribution in [3.8, 4) is 0 Å². The van der Waals surface area contributed by atoms with Crippen LogP contribution < -0.4 is 10.0 Å². The molecule has 2 saturated carbocycles. The number of carbonyl (C=O) groups is 1. The van der Waals surface area contributed by atoms with Crippen LogP contribution in [0.4, 0.5) is 18.3 Å². The van der Waals surface area contributed by atoms with Crippen LogP contribution in [0.3, 0.4) is 0 Å². The van der Waals surface area contributed by atoms with Crippen molar-refractivity contribution in [3.63, 3.8) is 0 Å². The van der Waals surface area contributed by atoms with Crippen molar-refractivity contribution in [3.05, 3.63) is 40.9 Å². The zero-order valence-corrected chi connectivity index (χ0v) is 19.0. The van der Waals surface area contributed by atoms with Crippen molar-refractivity contribution in [2.45, 2.75) is 55.0 Å². The summed E-state index contributed by atoms with van der Waals surface area (Å²) in [7, 11) is -3.27. The molecule has 1 aromatic heterocycles. The van der Waals surface area contributed by atoms with Crippen LogP contribution in [0.5, 0.6) is 0 Å². The quantitative estimate of drug-likeness (QED) is 0.626. The Hall–Kier alpha value is -1.98. The highest BCUT2D eigenvalue weighted by molar-refractivity contribution is 7.89. The van der Waals surface area contributed by atoms with Crippen molar-refractivity contribution in [2.75, 3.05) is 12.4 Å². The molecular formula is C21H24F3N3O3S2. The molecule has 0 aliphatic heterocycles. The van der Waals surface area contributed by atoms with E-state index in [9.17, 15) is 26.4 Å². The summed E-state index contributed by atoms with van der Waals surface area (Å²) < 4.78 is 67.9. The summed E-state index contributed by atoms with van der Waals surface area (Å²) in [6.07, 6.45) is 2.16. The molecule has 0 radical (unpaired) electrons. The predicted octanol–water partition coefficient (Wildman–Crippen LogP) is 4.55. The van der Waals surface area contributed by atoms with Gasteiger partial charge in [-0.3, -0.25) is 4.79 Å².